The summed E-state index contributed by atoms with van der Waals surface area (Å²) in [7, 11) is 4.75. The molecule has 2 aromatic rings. The smallest absolute Gasteiger partial charge is 0.271 e. The lowest BCUT2D eigenvalue weighted by molar-refractivity contribution is -0.384. The highest BCUT2D eigenvalue weighted by Gasteiger charge is 2.29. The lowest BCUT2D eigenvalue weighted by Gasteiger charge is -2.12. The van der Waals surface area contributed by atoms with Crippen LogP contribution in [-0.4, -0.2) is 42.1 Å². The number of carbonyl (C=O) groups excluding carboxylic acids is 1. The first kappa shape index (κ1) is 20.9. The van der Waals surface area contributed by atoms with Crippen molar-refractivity contribution in [3.63, 3.8) is 0 Å². The van der Waals surface area contributed by atoms with E-state index in [1.54, 1.807) is 38.4 Å². The molecule has 0 spiro atoms. The molecule has 10 heteroatoms. The molecule has 0 bridgehead atoms. The largest absolute Gasteiger partial charge is 0.493 e. The summed E-state index contributed by atoms with van der Waals surface area (Å²) in [4.78, 5) is 28.7. The molecule has 152 valence electrons. The first-order valence-electron chi connectivity index (χ1n) is 8.56. The monoisotopic (exact) mass is 424 g/mol. The van der Waals surface area contributed by atoms with Gasteiger partial charge in [-0.05, 0) is 41.6 Å². The van der Waals surface area contributed by atoms with Crippen LogP contribution in [0.3, 0.4) is 0 Å². The van der Waals surface area contributed by atoms with Gasteiger partial charge < -0.3 is 9.47 Å². The van der Waals surface area contributed by atoms with Crippen LogP contribution in [-0.2, 0) is 4.79 Å². The third-order valence-electron chi connectivity index (χ3n) is 4.19. The molecular formula is C20H16N4O5S. The summed E-state index contributed by atoms with van der Waals surface area (Å²) >= 11 is 1.27. The van der Waals surface area contributed by atoms with Gasteiger partial charge in [-0.2, -0.15) is 5.26 Å². The van der Waals surface area contributed by atoms with Crippen LogP contribution in [0.15, 0.2) is 46.3 Å². The highest BCUT2D eigenvalue weighted by molar-refractivity contribution is 8.18. The number of hydrogen-bond acceptors (Lipinski definition) is 8. The molecule has 0 saturated carbocycles. The zero-order valence-electron chi connectivity index (χ0n) is 16.3. The molecular weight excluding hydrogens is 408 g/mol. The van der Waals surface area contributed by atoms with E-state index in [0.717, 1.165) is 6.07 Å². The number of nitriles is 1. The number of ether oxygens (including phenoxy) is 2. The Morgan fingerprint density at radius 3 is 2.57 bits per heavy atom. The number of amidine groups is 1. The SMILES string of the molecule is CN=C1S/C(=C/c2ccc(Oc3ccc([N+](=O)[O-])cc3C#N)c(OC)c2)C(=O)N1C. The van der Waals surface area contributed by atoms with E-state index in [2.05, 4.69) is 4.99 Å². The summed E-state index contributed by atoms with van der Waals surface area (Å²) in [5.74, 6) is 0.715. The minimum absolute atomic E-state index is 0.0276. The second-order valence-corrected chi connectivity index (χ2v) is 7.05. The number of methoxy groups -OCH3 is 1. The van der Waals surface area contributed by atoms with Gasteiger partial charge in [0, 0.05) is 26.2 Å². The predicted molar refractivity (Wildman–Crippen MR) is 113 cm³/mol. The maximum absolute atomic E-state index is 12.3. The van der Waals surface area contributed by atoms with E-state index in [1.807, 2.05) is 6.07 Å². The van der Waals surface area contributed by atoms with Crippen molar-refractivity contribution < 1.29 is 19.2 Å². The third kappa shape index (κ3) is 4.11. The number of nitro benzene ring substituents is 1. The van der Waals surface area contributed by atoms with Crippen LogP contribution >= 0.6 is 11.8 Å². The number of likely N-dealkylation sites (N-methyl/N-ethyl adjacent to an activating group) is 1. The molecule has 1 heterocycles. The number of rotatable bonds is 5. The number of aliphatic imine (C=N–C) groups is 1. The number of nitrogens with zero attached hydrogens (tertiary/aromatic N) is 4. The van der Waals surface area contributed by atoms with Crippen LogP contribution in [0.4, 0.5) is 5.69 Å². The van der Waals surface area contributed by atoms with Crippen LogP contribution in [0, 0.1) is 21.4 Å². The third-order valence-corrected chi connectivity index (χ3v) is 5.35. The lowest BCUT2D eigenvalue weighted by atomic mass is 10.1. The molecule has 1 aliphatic heterocycles. The summed E-state index contributed by atoms with van der Waals surface area (Å²) in [5.41, 5.74) is 0.538. The molecule has 0 aromatic heterocycles. The maximum atomic E-state index is 12.3. The van der Waals surface area contributed by atoms with Gasteiger partial charge in [-0.25, -0.2) is 0 Å². The van der Waals surface area contributed by atoms with Crippen molar-refractivity contribution >= 4 is 34.6 Å². The minimum Gasteiger partial charge on any atom is -0.493 e. The Labute approximate surface area is 176 Å². The van der Waals surface area contributed by atoms with Crippen molar-refractivity contribution in [3.05, 3.63) is 62.5 Å². The van der Waals surface area contributed by atoms with Gasteiger partial charge in [-0.1, -0.05) is 6.07 Å². The molecule has 9 nitrogen and oxygen atoms in total. The highest BCUT2D eigenvalue weighted by Crippen LogP contribution is 2.37. The summed E-state index contributed by atoms with van der Waals surface area (Å²) in [6.07, 6.45) is 1.72. The second kappa shape index (κ2) is 8.67. The van der Waals surface area contributed by atoms with Crippen LogP contribution < -0.4 is 9.47 Å². The van der Waals surface area contributed by atoms with Crippen molar-refractivity contribution in [2.75, 3.05) is 21.2 Å². The Kier molecular flexibility index (Phi) is 6.03. The zero-order chi connectivity index (χ0) is 21.8. The maximum Gasteiger partial charge on any atom is 0.271 e. The fourth-order valence-electron chi connectivity index (χ4n) is 2.69. The van der Waals surface area contributed by atoms with Gasteiger partial charge in [0.05, 0.1) is 16.9 Å². The van der Waals surface area contributed by atoms with Crippen LogP contribution in [0.1, 0.15) is 11.1 Å². The van der Waals surface area contributed by atoms with Crippen molar-refractivity contribution in [2.24, 2.45) is 4.99 Å². The normalized spacial score (nSPS) is 16.1. The Hall–Kier alpha value is -3.84. The number of non-ortho nitro benzene ring substituents is 1. The molecule has 1 aliphatic rings. The van der Waals surface area contributed by atoms with E-state index in [4.69, 9.17) is 9.47 Å². The number of carbonyl (C=O) groups is 1. The molecule has 0 atom stereocenters. The van der Waals surface area contributed by atoms with E-state index in [-0.39, 0.29) is 22.9 Å². The van der Waals surface area contributed by atoms with Crippen LogP contribution in [0.5, 0.6) is 17.2 Å². The number of hydrogen-bond donors (Lipinski definition) is 0. The van der Waals surface area contributed by atoms with Gasteiger partial charge in [0.1, 0.15) is 17.4 Å². The average molecular weight is 424 g/mol. The number of nitro groups is 1. The second-order valence-electron chi connectivity index (χ2n) is 6.04. The summed E-state index contributed by atoms with van der Waals surface area (Å²) in [5, 5.41) is 20.8. The number of thioether (sulfide) groups is 1. The average Bonchev–Trinajstić information content (AvgIpc) is 3.02. The first-order chi connectivity index (χ1) is 14.4. The molecule has 0 aliphatic carbocycles. The molecule has 1 fully saturated rings. The molecule has 30 heavy (non-hydrogen) atoms. The van der Waals surface area contributed by atoms with Gasteiger partial charge in [0.25, 0.3) is 11.6 Å². The minimum atomic E-state index is -0.581. The van der Waals surface area contributed by atoms with Crippen LogP contribution in [0.25, 0.3) is 6.08 Å². The highest BCUT2D eigenvalue weighted by atomic mass is 32.2. The van der Waals surface area contributed by atoms with E-state index >= 15 is 0 Å². The Balaban J connectivity index is 1.91. The zero-order valence-corrected chi connectivity index (χ0v) is 17.1. The number of benzene rings is 2. The molecule has 3 rings (SSSR count). The van der Waals surface area contributed by atoms with E-state index in [1.165, 1.54) is 35.9 Å². The molecule has 0 radical (unpaired) electrons. The Bertz CT molecular complexity index is 1140. The van der Waals surface area contributed by atoms with Crippen LogP contribution in [0.2, 0.25) is 0 Å². The lowest BCUT2D eigenvalue weighted by Crippen LogP contribution is -2.23. The van der Waals surface area contributed by atoms with E-state index in [9.17, 15) is 20.2 Å². The summed E-state index contributed by atoms with van der Waals surface area (Å²) in [6.45, 7) is 0. The summed E-state index contributed by atoms with van der Waals surface area (Å²) in [6, 6.07) is 10.7. The fraction of sp³-hybridized carbons (Fsp3) is 0.150. The molecule has 1 saturated heterocycles. The fourth-order valence-corrected chi connectivity index (χ4v) is 3.61. The van der Waals surface area contributed by atoms with Crippen molar-refractivity contribution in [3.8, 4) is 23.3 Å². The molecule has 1 amide bonds. The van der Waals surface area contributed by atoms with E-state index in [0.29, 0.717) is 27.1 Å². The van der Waals surface area contributed by atoms with E-state index < -0.39 is 4.92 Å². The van der Waals surface area contributed by atoms with Gasteiger partial charge >= 0.3 is 0 Å². The van der Waals surface area contributed by atoms with Crippen molar-refractivity contribution in [1.82, 2.24) is 4.90 Å². The molecule has 0 N–H and O–H groups in total. The summed E-state index contributed by atoms with van der Waals surface area (Å²) < 4.78 is 11.1. The quantitative estimate of drug-likeness (QED) is 0.407. The van der Waals surface area contributed by atoms with Gasteiger partial charge in [-0.3, -0.25) is 24.8 Å². The number of amides is 1. The van der Waals surface area contributed by atoms with Crippen molar-refractivity contribution in [2.45, 2.75) is 0 Å². The predicted octanol–water partition coefficient (Wildman–Crippen LogP) is 3.80. The van der Waals surface area contributed by atoms with Crippen molar-refractivity contribution in [1.29, 1.82) is 5.26 Å². The Morgan fingerprint density at radius 1 is 1.23 bits per heavy atom. The van der Waals surface area contributed by atoms with Gasteiger partial charge in [-0.15, -0.1) is 0 Å². The Morgan fingerprint density at radius 2 is 1.97 bits per heavy atom. The molecule has 2 aromatic carbocycles. The first-order valence-corrected chi connectivity index (χ1v) is 9.38. The topological polar surface area (TPSA) is 118 Å². The van der Waals surface area contributed by atoms with Gasteiger partial charge in [0.15, 0.2) is 16.7 Å². The molecule has 0 unspecified atom stereocenters. The van der Waals surface area contributed by atoms with Gasteiger partial charge in [0.2, 0.25) is 0 Å². The standard InChI is InChI=1S/C20H16N4O5S/c1-22-20-23(2)19(25)18(30-20)9-12-4-6-16(17(8-12)28-3)29-15-7-5-14(24(26)27)10-13(15)11-21/h4-10H,1-3H3/b18-9+,22-20?.